The highest BCUT2D eigenvalue weighted by Gasteiger charge is 2.16. The summed E-state index contributed by atoms with van der Waals surface area (Å²) in [4.78, 5) is 26.4. The van der Waals surface area contributed by atoms with Crippen molar-refractivity contribution in [2.45, 2.75) is 6.42 Å². The van der Waals surface area contributed by atoms with E-state index in [1.54, 1.807) is 18.2 Å². The summed E-state index contributed by atoms with van der Waals surface area (Å²) < 4.78 is 3.06. The Morgan fingerprint density at radius 2 is 1.74 bits per heavy atom. The number of aromatic nitrogens is 1. The van der Waals surface area contributed by atoms with Gasteiger partial charge in [0.2, 0.25) is 0 Å². The monoisotopic (exact) mass is 529 g/mol. The second-order valence-corrected chi connectivity index (χ2v) is 9.37. The molecule has 4 rings (SSSR count). The molecule has 4 aromatic rings. The number of carbonyl (C=O) groups excluding carboxylic acids is 1. The molecule has 0 bridgehead atoms. The fraction of sp³-hybridized carbons (Fsp3) is 0.0741. The fourth-order valence-electron chi connectivity index (χ4n) is 3.46. The lowest BCUT2D eigenvalue weighted by molar-refractivity contribution is -0.115. The van der Waals surface area contributed by atoms with Crippen molar-refractivity contribution in [2.75, 3.05) is 6.54 Å². The standard InChI is InChI=1S/C27H20BrN3O2S/c28-21-11-7-10-20(16-21)17-24-26(33)31(22-12-5-2-6-13-22)27(34-24)23(18-29)25(32)30-15-14-19-8-3-1-4-9-19/h1-13,16-17H,14-15H2,(H,30,32)/b24-17+,27-23-. The Hall–Kier alpha value is -3.73. The van der Waals surface area contributed by atoms with Gasteiger partial charge in [0.15, 0.2) is 5.57 Å². The number of thiazole rings is 1. The number of nitriles is 1. The molecule has 0 fully saturated rings. The van der Waals surface area contributed by atoms with Gasteiger partial charge in [-0.25, -0.2) is 0 Å². The van der Waals surface area contributed by atoms with Crippen molar-refractivity contribution in [3.05, 3.63) is 120 Å². The van der Waals surface area contributed by atoms with Crippen molar-refractivity contribution < 1.29 is 4.79 Å². The molecule has 5 nitrogen and oxygen atoms in total. The van der Waals surface area contributed by atoms with E-state index in [1.807, 2.05) is 78.9 Å². The number of para-hydroxylation sites is 1. The maximum atomic E-state index is 13.4. The Kier molecular flexibility index (Phi) is 7.53. The average molecular weight is 530 g/mol. The molecule has 1 N–H and O–H groups in total. The van der Waals surface area contributed by atoms with E-state index in [-0.39, 0.29) is 11.1 Å². The van der Waals surface area contributed by atoms with Gasteiger partial charge in [-0.05, 0) is 47.9 Å². The zero-order chi connectivity index (χ0) is 23.9. The summed E-state index contributed by atoms with van der Waals surface area (Å²) in [6.07, 6.45) is 2.41. The largest absolute Gasteiger partial charge is 0.351 e. The summed E-state index contributed by atoms with van der Waals surface area (Å²) in [6, 6.07) is 28.4. The second kappa shape index (κ2) is 10.9. The summed E-state index contributed by atoms with van der Waals surface area (Å²) in [5, 5.41) is 12.7. The molecule has 168 valence electrons. The summed E-state index contributed by atoms with van der Waals surface area (Å²) in [5.74, 6) is -0.502. The number of carbonyl (C=O) groups is 1. The van der Waals surface area contributed by atoms with Crippen LogP contribution in [0, 0.1) is 11.3 Å². The van der Waals surface area contributed by atoms with Crippen molar-refractivity contribution in [2.24, 2.45) is 0 Å². The third-order valence-corrected chi connectivity index (χ3v) is 6.66. The van der Waals surface area contributed by atoms with Gasteiger partial charge in [0.1, 0.15) is 10.7 Å². The molecule has 0 spiro atoms. The predicted octanol–water partition coefficient (Wildman–Crippen LogP) is 3.52. The number of rotatable bonds is 6. The number of halogens is 1. The van der Waals surface area contributed by atoms with Gasteiger partial charge >= 0.3 is 0 Å². The first-order valence-corrected chi connectivity index (χ1v) is 12.2. The highest BCUT2D eigenvalue weighted by molar-refractivity contribution is 9.10. The number of hydrogen-bond acceptors (Lipinski definition) is 4. The van der Waals surface area contributed by atoms with E-state index in [9.17, 15) is 14.9 Å². The van der Waals surface area contributed by atoms with Crippen LogP contribution in [0.4, 0.5) is 0 Å². The summed E-state index contributed by atoms with van der Waals surface area (Å²) >= 11 is 4.58. The van der Waals surface area contributed by atoms with Crippen LogP contribution >= 0.6 is 27.3 Å². The van der Waals surface area contributed by atoms with Crippen LogP contribution in [0.25, 0.3) is 17.3 Å². The molecule has 0 aliphatic rings. The molecule has 1 amide bonds. The van der Waals surface area contributed by atoms with Crippen LogP contribution < -0.4 is 20.1 Å². The fourth-order valence-corrected chi connectivity index (χ4v) is 4.98. The first kappa shape index (κ1) is 23.4. The van der Waals surface area contributed by atoms with Gasteiger partial charge in [-0.3, -0.25) is 14.2 Å². The van der Waals surface area contributed by atoms with Gasteiger partial charge < -0.3 is 5.32 Å². The van der Waals surface area contributed by atoms with E-state index in [1.165, 1.54) is 4.57 Å². The molecule has 1 heterocycles. The second-order valence-electron chi connectivity index (χ2n) is 7.43. The van der Waals surface area contributed by atoms with E-state index >= 15 is 0 Å². The van der Waals surface area contributed by atoms with Crippen LogP contribution in [0.15, 0.2) is 94.2 Å². The van der Waals surface area contributed by atoms with Crippen molar-refractivity contribution in [1.82, 2.24) is 9.88 Å². The van der Waals surface area contributed by atoms with Gasteiger partial charge in [-0.1, -0.05) is 76.6 Å². The van der Waals surface area contributed by atoms with E-state index in [4.69, 9.17) is 0 Å². The third-order valence-electron chi connectivity index (χ3n) is 5.08. The van der Waals surface area contributed by atoms with Crippen LogP contribution in [0.5, 0.6) is 0 Å². The highest BCUT2D eigenvalue weighted by atomic mass is 79.9. The van der Waals surface area contributed by atoms with Crippen LogP contribution in [0.2, 0.25) is 0 Å². The number of amides is 1. The normalized spacial score (nSPS) is 12.2. The Morgan fingerprint density at radius 3 is 2.41 bits per heavy atom. The van der Waals surface area contributed by atoms with Crippen molar-refractivity contribution in [1.29, 1.82) is 5.26 Å². The van der Waals surface area contributed by atoms with E-state index in [0.717, 1.165) is 26.9 Å². The van der Waals surface area contributed by atoms with Gasteiger partial charge in [0, 0.05) is 11.0 Å². The molecule has 0 saturated heterocycles. The average Bonchev–Trinajstić information content (AvgIpc) is 3.16. The van der Waals surface area contributed by atoms with E-state index < -0.39 is 5.91 Å². The molecule has 1 aromatic heterocycles. The molecule has 0 unspecified atom stereocenters. The number of hydrogen-bond donors (Lipinski definition) is 1. The summed E-state index contributed by atoms with van der Waals surface area (Å²) in [6.45, 7) is 0.381. The van der Waals surface area contributed by atoms with Crippen LogP contribution in [-0.2, 0) is 11.2 Å². The van der Waals surface area contributed by atoms with Crippen molar-refractivity contribution >= 4 is 44.8 Å². The first-order chi connectivity index (χ1) is 16.6. The van der Waals surface area contributed by atoms with Gasteiger partial charge in [-0.2, -0.15) is 5.26 Å². The smallest absolute Gasteiger partial charge is 0.273 e. The lowest BCUT2D eigenvalue weighted by Gasteiger charge is -2.06. The minimum atomic E-state index is -0.502. The molecule has 0 aliphatic carbocycles. The maximum Gasteiger partial charge on any atom is 0.273 e. The molecular weight excluding hydrogens is 510 g/mol. The Balaban J connectivity index is 1.80. The molecule has 0 radical (unpaired) electrons. The Morgan fingerprint density at radius 1 is 1.03 bits per heavy atom. The van der Waals surface area contributed by atoms with Gasteiger partial charge in [0.25, 0.3) is 11.5 Å². The minimum absolute atomic E-state index is 0.0899. The zero-order valence-corrected chi connectivity index (χ0v) is 20.5. The molecule has 3 aromatic carbocycles. The quantitative estimate of drug-likeness (QED) is 0.415. The molecule has 0 saturated carbocycles. The SMILES string of the molecule is N#C/C(C(=O)NCCc1ccccc1)=c1/s/c(=C/c2cccc(Br)c2)c(=O)n1-c1ccccc1. The van der Waals surface area contributed by atoms with Gasteiger partial charge in [-0.15, -0.1) is 11.3 Å². The van der Waals surface area contributed by atoms with Crippen LogP contribution in [-0.4, -0.2) is 17.0 Å². The minimum Gasteiger partial charge on any atom is -0.351 e. The number of nitrogens with zero attached hydrogens (tertiary/aromatic N) is 2. The van der Waals surface area contributed by atoms with Crippen LogP contribution in [0.3, 0.4) is 0 Å². The van der Waals surface area contributed by atoms with Crippen molar-refractivity contribution in [3.8, 4) is 11.8 Å². The number of nitrogens with one attached hydrogen (secondary N) is 1. The molecular formula is C27H20BrN3O2S. The number of benzene rings is 3. The topological polar surface area (TPSA) is 74.9 Å². The highest BCUT2D eigenvalue weighted by Crippen LogP contribution is 2.12. The van der Waals surface area contributed by atoms with E-state index in [2.05, 4.69) is 21.2 Å². The van der Waals surface area contributed by atoms with Gasteiger partial charge in [0.05, 0.1) is 10.2 Å². The van der Waals surface area contributed by atoms with E-state index in [0.29, 0.717) is 27.8 Å². The molecule has 34 heavy (non-hydrogen) atoms. The first-order valence-electron chi connectivity index (χ1n) is 10.6. The zero-order valence-electron chi connectivity index (χ0n) is 18.1. The molecule has 0 aliphatic heterocycles. The lowest BCUT2D eigenvalue weighted by atomic mass is 10.1. The molecule has 0 atom stereocenters. The maximum absolute atomic E-state index is 13.4. The van der Waals surface area contributed by atoms with Crippen molar-refractivity contribution in [3.63, 3.8) is 0 Å². The Bertz CT molecular complexity index is 1530. The predicted molar refractivity (Wildman–Crippen MR) is 139 cm³/mol. The lowest BCUT2D eigenvalue weighted by Crippen LogP contribution is -2.34. The van der Waals surface area contributed by atoms with Crippen LogP contribution in [0.1, 0.15) is 11.1 Å². The Labute approximate surface area is 209 Å². The third kappa shape index (κ3) is 5.42. The summed E-state index contributed by atoms with van der Waals surface area (Å²) in [5.41, 5.74) is 2.15. The summed E-state index contributed by atoms with van der Waals surface area (Å²) in [7, 11) is 0. The molecule has 7 heteroatoms.